The zero-order valence-electron chi connectivity index (χ0n) is 16.1. The fourth-order valence-electron chi connectivity index (χ4n) is 4.53. The Morgan fingerprint density at radius 2 is 1.89 bits per heavy atom. The third kappa shape index (κ3) is 3.33. The van der Waals surface area contributed by atoms with Crippen molar-refractivity contribution in [2.24, 2.45) is 5.92 Å². The number of hydrogen-bond donors (Lipinski definition) is 0. The van der Waals surface area contributed by atoms with Crippen LogP contribution in [0, 0.1) is 5.92 Å². The summed E-state index contributed by atoms with van der Waals surface area (Å²) < 4.78 is 33.2. The number of rotatable bonds is 4. The number of hydrogen-bond acceptors (Lipinski definition) is 5. The Morgan fingerprint density at radius 3 is 2.64 bits per heavy atom. The van der Waals surface area contributed by atoms with Crippen molar-refractivity contribution in [3.05, 3.63) is 23.3 Å². The van der Waals surface area contributed by atoms with E-state index in [1.807, 2.05) is 4.90 Å². The van der Waals surface area contributed by atoms with Crippen LogP contribution in [0.4, 0.5) is 5.69 Å². The van der Waals surface area contributed by atoms with Crippen molar-refractivity contribution >= 4 is 27.6 Å². The number of benzene rings is 1. The number of anilines is 1. The third-order valence-electron chi connectivity index (χ3n) is 5.89. The highest BCUT2D eigenvalue weighted by molar-refractivity contribution is 7.89. The molecule has 0 aliphatic carbocycles. The average Bonchev–Trinajstić information content (AvgIpc) is 2.71. The van der Waals surface area contributed by atoms with Gasteiger partial charge < -0.3 is 9.64 Å². The summed E-state index contributed by atoms with van der Waals surface area (Å²) >= 11 is 0. The smallest absolute Gasteiger partial charge is 0.310 e. The SMILES string of the molecule is CCOC(=O)[C@@H]1CCCN(S(=O)(=O)c2cc3c4c(c2)CCC(=O)N4CCC3)C1. The molecule has 0 bridgehead atoms. The number of piperidine rings is 1. The van der Waals surface area contributed by atoms with E-state index in [-0.39, 0.29) is 23.3 Å². The highest BCUT2D eigenvalue weighted by Crippen LogP contribution is 2.38. The molecule has 4 rings (SSSR count). The third-order valence-corrected chi connectivity index (χ3v) is 7.73. The molecule has 3 aliphatic heterocycles. The molecule has 0 aromatic heterocycles. The normalized spacial score (nSPS) is 22.7. The van der Waals surface area contributed by atoms with Crippen molar-refractivity contribution in [3.63, 3.8) is 0 Å². The maximum absolute atomic E-state index is 13.3. The van der Waals surface area contributed by atoms with Gasteiger partial charge in [-0.1, -0.05) is 0 Å². The van der Waals surface area contributed by atoms with E-state index >= 15 is 0 Å². The van der Waals surface area contributed by atoms with Gasteiger partial charge in [-0.05, 0) is 62.3 Å². The molecule has 152 valence electrons. The Bertz CT molecular complexity index is 894. The van der Waals surface area contributed by atoms with E-state index in [4.69, 9.17) is 4.74 Å². The molecule has 0 unspecified atom stereocenters. The Kier molecular flexibility index (Phi) is 5.18. The molecule has 28 heavy (non-hydrogen) atoms. The number of aryl methyl sites for hydroxylation is 2. The van der Waals surface area contributed by atoms with Crippen molar-refractivity contribution in [2.45, 2.75) is 50.3 Å². The molecular weight excluding hydrogens is 380 g/mol. The van der Waals surface area contributed by atoms with Crippen LogP contribution in [0.5, 0.6) is 0 Å². The first-order valence-corrected chi connectivity index (χ1v) is 11.5. The van der Waals surface area contributed by atoms with E-state index in [1.54, 1.807) is 19.1 Å². The summed E-state index contributed by atoms with van der Waals surface area (Å²) in [6.45, 7) is 3.33. The summed E-state index contributed by atoms with van der Waals surface area (Å²) in [4.78, 5) is 26.4. The molecule has 0 saturated carbocycles. The number of carbonyl (C=O) groups is 2. The van der Waals surface area contributed by atoms with Gasteiger partial charge in [-0.15, -0.1) is 0 Å². The van der Waals surface area contributed by atoms with E-state index in [1.165, 1.54) is 4.31 Å². The number of carbonyl (C=O) groups excluding carboxylic acids is 2. The second kappa shape index (κ2) is 7.48. The van der Waals surface area contributed by atoms with E-state index < -0.39 is 15.9 Å². The fraction of sp³-hybridized carbons (Fsp3) is 0.600. The molecule has 1 aromatic rings. The molecule has 0 spiro atoms. The molecule has 7 nitrogen and oxygen atoms in total. The monoisotopic (exact) mass is 406 g/mol. The topological polar surface area (TPSA) is 84.0 Å². The largest absolute Gasteiger partial charge is 0.466 e. The first-order chi connectivity index (χ1) is 13.4. The number of nitrogens with zero attached hydrogens (tertiary/aromatic N) is 2. The summed E-state index contributed by atoms with van der Waals surface area (Å²) in [6, 6.07) is 3.46. The molecule has 8 heteroatoms. The van der Waals surface area contributed by atoms with Crippen molar-refractivity contribution in [2.75, 3.05) is 31.1 Å². The number of ether oxygens (including phenoxy) is 1. The van der Waals surface area contributed by atoms with Gasteiger partial charge in [0.1, 0.15) is 0 Å². The zero-order chi connectivity index (χ0) is 19.9. The van der Waals surface area contributed by atoms with Gasteiger partial charge in [0, 0.05) is 26.1 Å². The van der Waals surface area contributed by atoms with Crippen LogP contribution in [0.3, 0.4) is 0 Å². The van der Waals surface area contributed by atoms with E-state index in [0.717, 1.165) is 29.7 Å². The Labute approximate surface area is 165 Å². The first kappa shape index (κ1) is 19.4. The first-order valence-electron chi connectivity index (χ1n) is 10.0. The number of amides is 1. The lowest BCUT2D eigenvalue weighted by Crippen LogP contribution is -2.43. The minimum absolute atomic E-state index is 0.123. The summed E-state index contributed by atoms with van der Waals surface area (Å²) in [6.07, 6.45) is 3.91. The van der Waals surface area contributed by atoms with Crippen molar-refractivity contribution in [1.29, 1.82) is 0 Å². The standard InChI is InChI=1S/C20H26N2O5S/c1-2-27-20(24)16-6-3-9-21(13-16)28(25,26)17-11-14-5-4-10-22-18(23)8-7-15(12-17)19(14)22/h11-12,16H,2-10,13H2,1H3/t16-/m1/s1. The number of esters is 1. The Balaban J connectivity index is 1.65. The minimum Gasteiger partial charge on any atom is -0.466 e. The minimum atomic E-state index is -3.69. The van der Waals surface area contributed by atoms with Gasteiger partial charge in [0.05, 0.1) is 23.1 Å². The van der Waals surface area contributed by atoms with Crippen LogP contribution in [-0.2, 0) is 37.2 Å². The molecule has 3 heterocycles. The summed E-state index contributed by atoms with van der Waals surface area (Å²) in [5.74, 6) is -0.609. The predicted molar refractivity (Wildman–Crippen MR) is 104 cm³/mol. The van der Waals surface area contributed by atoms with E-state index in [9.17, 15) is 18.0 Å². The van der Waals surface area contributed by atoms with Crippen molar-refractivity contribution in [1.82, 2.24) is 4.31 Å². The highest BCUT2D eigenvalue weighted by Gasteiger charge is 2.36. The molecular formula is C20H26N2O5S. The maximum Gasteiger partial charge on any atom is 0.310 e. The second-order valence-corrected chi connectivity index (χ2v) is 9.63. The van der Waals surface area contributed by atoms with Crippen molar-refractivity contribution in [3.8, 4) is 0 Å². The lowest BCUT2D eigenvalue weighted by atomic mass is 9.92. The maximum atomic E-state index is 13.3. The fourth-order valence-corrected chi connectivity index (χ4v) is 6.16. The Hall–Kier alpha value is -1.93. The predicted octanol–water partition coefficient (Wildman–Crippen LogP) is 1.88. The lowest BCUT2D eigenvalue weighted by Gasteiger charge is -2.36. The van der Waals surface area contributed by atoms with Gasteiger partial charge in [-0.3, -0.25) is 9.59 Å². The van der Waals surface area contributed by atoms with Crippen LogP contribution in [0.2, 0.25) is 0 Å². The summed E-state index contributed by atoms with van der Waals surface area (Å²) in [5, 5.41) is 0. The molecule has 1 saturated heterocycles. The second-order valence-electron chi connectivity index (χ2n) is 7.69. The molecule has 1 atom stereocenters. The van der Waals surface area contributed by atoms with E-state index in [0.29, 0.717) is 45.4 Å². The average molecular weight is 407 g/mol. The molecule has 1 aromatic carbocycles. The molecule has 3 aliphatic rings. The molecule has 1 amide bonds. The number of sulfonamides is 1. The quantitative estimate of drug-likeness (QED) is 0.713. The summed E-state index contributed by atoms with van der Waals surface area (Å²) in [7, 11) is -3.69. The van der Waals surface area contributed by atoms with Gasteiger partial charge in [0.15, 0.2) is 0 Å². The van der Waals surface area contributed by atoms with Gasteiger partial charge in [-0.25, -0.2) is 8.42 Å². The van der Waals surface area contributed by atoms with Gasteiger partial charge in [0.2, 0.25) is 15.9 Å². The van der Waals surface area contributed by atoms with Crippen LogP contribution in [0.1, 0.15) is 43.7 Å². The van der Waals surface area contributed by atoms with Gasteiger partial charge >= 0.3 is 5.97 Å². The Morgan fingerprint density at radius 1 is 1.14 bits per heavy atom. The molecule has 0 radical (unpaired) electrons. The van der Waals surface area contributed by atoms with Crippen molar-refractivity contribution < 1.29 is 22.7 Å². The van der Waals surface area contributed by atoms with Gasteiger partial charge in [-0.2, -0.15) is 4.31 Å². The molecule has 1 fully saturated rings. The lowest BCUT2D eigenvalue weighted by molar-refractivity contribution is -0.149. The van der Waals surface area contributed by atoms with Crippen LogP contribution in [0.15, 0.2) is 17.0 Å². The van der Waals surface area contributed by atoms with E-state index in [2.05, 4.69) is 0 Å². The zero-order valence-corrected chi connectivity index (χ0v) is 17.0. The van der Waals surface area contributed by atoms with Crippen LogP contribution >= 0.6 is 0 Å². The van der Waals surface area contributed by atoms with Crippen LogP contribution in [0.25, 0.3) is 0 Å². The van der Waals surface area contributed by atoms with Crippen LogP contribution < -0.4 is 4.90 Å². The highest BCUT2D eigenvalue weighted by atomic mass is 32.2. The summed E-state index contributed by atoms with van der Waals surface area (Å²) in [5.41, 5.74) is 2.80. The molecule has 0 N–H and O–H groups in total. The van der Waals surface area contributed by atoms with Gasteiger partial charge in [0.25, 0.3) is 0 Å². The van der Waals surface area contributed by atoms with Crippen LogP contribution in [-0.4, -0.2) is 50.8 Å².